The fourth-order valence-electron chi connectivity index (χ4n) is 1.37. The van der Waals surface area contributed by atoms with E-state index in [1.54, 1.807) is 12.3 Å². The third kappa shape index (κ3) is 5.73. The van der Waals surface area contributed by atoms with Crippen molar-refractivity contribution < 1.29 is 9.47 Å². The molecule has 2 rings (SSSR count). The van der Waals surface area contributed by atoms with E-state index in [1.807, 2.05) is 0 Å². The van der Waals surface area contributed by atoms with Crippen LogP contribution in [0.25, 0.3) is 0 Å². The second kappa shape index (κ2) is 8.54. The Bertz CT molecular complexity index is 694. The van der Waals surface area contributed by atoms with Crippen LogP contribution in [0.3, 0.4) is 0 Å². The molecule has 0 unspecified atom stereocenters. The maximum atomic E-state index is 11.3. The molecule has 22 heavy (non-hydrogen) atoms. The smallest absolute Gasteiger partial charge is 0.349 e. The molecule has 2 aromatic heterocycles. The first-order valence-electron chi connectivity index (χ1n) is 6.15. The maximum Gasteiger partial charge on any atom is 0.349 e. The molecule has 0 saturated carbocycles. The van der Waals surface area contributed by atoms with Crippen molar-refractivity contribution in [3.05, 3.63) is 45.5 Å². The van der Waals surface area contributed by atoms with Crippen molar-refractivity contribution in [1.29, 1.82) is 0 Å². The van der Waals surface area contributed by atoms with Crippen LogP contribution >= 0.6 is 0 Å². The van der Waals surface area contributed by atoms with Crippen molar-refractivity contribution in [2.24, 2.45) is 0 Å². The molecular weight excluding hydrogens is 292 g/mol. The van der Waals surface area contributed by atoms with Gasteiger partial charge in [0.05, 0.1) is 6.54 Å². The summed E-state index contributed by atoms with van der Waals surface area (Å²) >= 11 is 0. The highest BCUT2D eigenvalue weighted by molar-refractivity contribution is 5.23. The third-order valence-corrected chi connectivity index (χ3v) is 2.46. The lowest BCUT2D eigenvalue weighted by molar-refractivity contribution is -0.111. The molecule has 0 spiro atoms. The molecule has 0 aromatic carbocycles. The maximum absolute atomic E-state index is 11.3. The summed E-state index contributed by atoms with van der Waals surface area (Å²) in [5.41, 5.74) is 9.67. The van der Waals surface area contributed by atoms with Crippen molar-refractivity contribution in [3.63, 3.8) is 0 Å². The van der Waals surface area contributed by atoms with E-state index in [0.29, 0.717) is 12.4 Å². The van der Waals surface area contributed by atoms with E-state index in [2.05, 4.69) is 15.0 Å². The van der Waals surface area contributed by atoms with Gasteiger partial charge in [-0.15, -0.1) is 0 Å². The highest BCUT2D eigenvalue weighted by Gasteiger charge is 2.07. The molecule has 5 N–H and O–H groups in total. The first-order valence-corrected chi connectivity index (χ1v) is 6.15. The number of nitrogen functional groups attached to an aromatic ring is 2. The van der Waals surface area contributed by atoms with Gasteiger partial charge < -0.3 is 20.9 Å². The number of hydrogen-bond acceptors (Lipinski definition) is 8. The summed E-state index contributed by atoms with van der Waals surface area (Å²) in [6.45, 7) is 0.291. The Morgan fingerprint density at radius 2 is 1.95 bits per heavy atom. The lowest BCUT2D eigenvalue weighted by Gasteiger charge is -2.14. The van der Waals surface area contributed by atoms with Crippen LogP contribution in [0.15, 0.2) is 34.1 Å². The Morgan fingerprint density at radius 3 is 2.41 bits per heavy atom. The number of aromatic nitrogens is 4. The summed E-state index contributed by atoms with van der Waals surface area (Å²) in [6.07, 6.45) is 2.45. The minimum Gasteiger partial charge on any atom is -0.385 e. The fourth-order valence-corrected chi connectivity index (χ4v) is 1.37. The summed E-state index contributed by atoms with van der Waals surface area (Å²) in [4.78, 5) is 30.7. The van der Waals surface area contributed by atoms with E-state index in [-0.39, 0.29) is 5.82 Å². The van der Waals surface area contributed by atoms with Crippen molar-refractivity contribution >= 4 is 11.6 Å². The highest BCUT2D eigenvalue weighted by atomic mass is 16.7. The summed E-state index contributed by atoms with van der Waals surface area (Å²) in [7, 11) is 3.01. The van der Waals surface area contributed by atoms with Gasteiger partial charge in [0.2, 0.25) is 0 Å². The van der Waals surface area contributed by atoms with Gasteiger partial charge in [-0.3, -0.25) is 9.55 Å². The predicted molar refractivity (Wildman–Crippen MR) is 80.0 cm³/mol. The number of anilines is 2. The lowest BCUT2D eigenvalue weighted by Crippen LogP contribution is -2.30. The summed E-state index contributed by atoms with van der Waals surface area (Å²) in [5.74, 6) is 0.544. The van der Waals surface area contributed by atoms with Crippen molar-refractivity contribution in [3.8, 4) is 0 Å². The number of nitrogens with zero attached hydrogens (tertiary/aromatic N) is 3. The van der Waals surface area contributed by atoms with Gasteiger partial charge in [-0.05, 0) is 12.1 Å². The molecule has 120 valence electrons. The molecule has 0 aliphatic rings. The van der Waals surface area contributed by atoms with Gasteiger partial charge in [-0.1, -0.05) is 0 Å². The van der Waals surface area contributed by atoms with Crippen LogP contribution in [0.5, 0.6) is 0 Å². The van der Waals surface area contributed by atoms with Crippen LogP contribution < -0.4 is 22.8 Å². The fraction of sp³-hybridized carbons (Fsp3) is 0.333. The lowest BCUT2D eigenvalue weighted by atomic mass is 10.5. The zero-order valence-electron chi connectivity index (χ0n) is 12.2. The minimum absolute atomic E-state index is 0.206. The zero-order chi connectivity index (χ0) is 16.5. The van der Waals surface area contributed by atoms with Gasteiger partial charge in [0, 0.05) is 26.6 Å². The van der Waals surface area contributed by atoms with Crippen LogP contribution in [0.4, 0.5) is 11.6 Å². The summed E-state index contributed by atoms with van der Waals surface area (Å²) < 4.78 is 11.3. The summed E-state index contributed by atoms with van der Waals surface area (Å²) in [6, 6.07) is 3.06. The van der Waals surface area contributed by atoms with Crippen LogP contribution in [-0.4, -0.2) is 40.0 Å². The number of aromatic amines is 1. The average molecular weight is 310 g/mol. The largest absolute Gasteiger partial charge is 0.385 e. The Hall–Kier alpha value is -2.72. The summed E-state index contributed by atoms with van der Waals surface area (Å²) in [5, 5.41) is 0. The number of hydrogen-bond donors (Lipinski definition) is 3. The number of ether oxygens (including phenoxy) is 2. The number of nitrogens with one attached hydrogen (secondary N) is 1. The average Bonchev–Trinajstić information content (AvgIpc) is 2.47. The van der Waals surface area contributed by atoms with E-state index in [9.17, 15) is 9.59 Å². The first kappa shape index (κ1) is 17.3. The molecule has 0 atom stereocenters. The van der Waals surface area contributed by atoms with E-state index >= 15 is 0 Å². The monoisotopic (exact) mass is 310 g/mol. The molecule has 0 aliphatic carbocycles. The highest BCUT2D eigenvalue weighted by Crippen LogP contribution is 1.96. The number of rotatable bonds is 4. The Kier molecular flexibility index (Phi) is 6.73. The third-order valence-electron chi connectivity index (χ3n) is 2.46. The molecular formula is C12H18N6O4. The standard InChI is InChI=1S/C8H13N3O3.C4H5N3O/c1-13-7(14-2)5-11-4-3-6(9)10-8(11)12;5-3-1-2-6-4(8)7-3/h3-4,7H,5H2,1-2H3,(H2,9,10,12);1-2H,(H3,5,6,7,8). The second-order valence-electron chi connectivity index (χ2n) is 4.02. The van der Waals surface area contributed by atoms with Crippen molar-refractivity contribution in [2.75, 3.05) is 25.7 Å². The zero-order valence-corrected chi connectivity index (χ0v) is 12.2. The van der Waals surface area contributed by atoms with Crippen molar-refractivity contribution in [1.82, 2.24) is 19.5 Å². The van der Waals surface area contributed by atoms with Gasteiger partial charge in [-0.25, -0.2) is 14.6 Å². The minimum atomic E-state index is -0.460. The molecule has 0 bridgehead atoms. The molecule has 10 heteroatoms. The van der Waals surface area contributed by atoms with Gasteiger partial charge in [-0.2, -0.15) is 4.98 Å². The van der Waals surface area contributed by atoms with E-state index < -0.39 is 17.7 Å². The van der Waals surface area contributed by atoms with E-state index in [0.717, 1.165) is 0 Å². The Morgan fingerprint density at radius 1 is 1.27 bits per heavy atom. The number of nitrogens with two attached hydrogens (primary N) is 2. The van der Waals surface area contributed by atoms with Crippen LogP contribution in [0, 0.1) is 0 Å². The first-order chi connectivity index (χ1) is 10.5. The normalized spacial score (nSPS) is 10.1. The van der Waals surface area contributed by atoms with Crippen LogP contribution in [0.1, 0.15) is 0 Å². The molecule has 2 aromatic rings. The SMILES string of the molecule is COC(Cn1ccc(N)nc1=O)OC.Nc1ccnc(=O)[nH]1. The van der Waals surface area contributed by atoms with Gasteiger partial charge in [0.15, 0.2) is 6.29 Å². The van der Waals surface area contributed by atoms with Crippen LogP contribution in [-0.2, 0) is 16.0 Å². The second-order valence-corrected chi connectivity index (χ2v) is 4.02. The number of H-pyrrole nitrogens is 1. The molecule has 0 radical (unpaired) electrons. The molecule has 10 nitrogen and oxygen atoms in total. The van der Waals surface area contributed by atoms with Crippen LogP contribution in [0.2, 0.25) is 0 Å². The topological polar surface area (TPSA) is 151 Å². The van der Waals surface area contributed by atoms with Gasteiger partial charge in [0.25, 0.3) is 0 Å². The molecule has 0 saturated heterocycles. The van der Waals surface area contributed by atoms with Crippen molar-refractivity contribution in [2.45, 2.75) is 12.8 Å². The Labute approximate surface area is 125 Å². The number of methoxy groups -OCH3 is 2. The quantitative estimate of drug-likeness (QED) is 0.595. The van der Waals surface area contributed by atoms with E-state index in [4.69, 9.17) is 20.9 Å². The molecule has 0 amide bonds. The Balaban J connectivity index is 0.000000255. The van der Waals surface area contributed by atoms with Gasteiger partial charge in [0.1, 0.15) is 11.6 Å². The van der Waals surface area contributed by atoms with E-state index in [1.165, 1.54) is 31.0 Å². The predicted octanol–water partition coefficient (Wildman–Crippen LogP) is -1.20. The van der Waals surface area contributed by atoms with Gasteiger partial charge >= 0.3 is 11.4 Å². The molecule has 0 fully saturated rings. The molecule has 0 aliphatic heterocycles. The molecule has 2 heterocycles.